The highest BCUT2D eigenvalue weighted by Crippen LogP contribution is 2.35. The van der Waals surface area contributed by atoms with Gasteiger partial charge in [0.1, 0.15) is 6.33 Å². The van der Waals surface area contributed by atoms with Crippen LogP contribution < -0.4 is 4.90 Å². The zero-order valence-electron chi connectivity index (χ0n) is 17.0. The van der Waals surface area contributed by atoms with Gasteiger partial charge in [0, 0.05) is 25.0 Å². The van der Waals surface area contributed by atoms with Crippen molar-refractivity contribution in [3.8, 4) is 0 Å². The van der Waals surface area contributed by atoms with Gasteiger partial charge in [-0.05, 0) is 17.5 Å². The number of aliphatic hydroxyl groups excluding tert-OH is 1. The number of rotatable bonds is 4. The summed E-state index contributed by atoms with van der Waals surface area (Å²) in [5.74, 6) is 0.887. The lowest BCUT2D eigenvalue weighted by atomic mass is 9.82. The maximum absolute atomic E-state index is 9.79. The molecule has 5 rings (SSSR count). The number of aromatic nitrogens is 4. The summed E-state index contributed by atoms with van der Waals surface area (Å²) in [5, 5.41) is 9.79. The Morgan fingerprint density at radius 1 is 1.14 bits per heavy atom. The monoisotopic (exact) mass is 393 g/mol. The average molecular weight is 393 g/mol. The van der Waals surface area contributed by atoms with E-state index >= 15 is 0 Å². The zero-order chi connectivity index (χ0) is 20.1. The van der Waals surface area contributed by atoms with Crippen molar-refractivity contribution in [3.05, 3.63) is 48.0 Å². The number of hydrogen-bond acceptors (Lipinski definition) is 6. The van der Waals surface area contributed by atoms with Crippen molar-refractivity contribution < 1.29 is 9.84 Å². The molecule has 0 amide bonds. The van der Waals surface area contributed by atoms with Gasteiger partial charge in [-0.25, -0.2) is 15.0 Å². The van der Waals surface area contributed by atoms with Crippen LogP contribution in [0.5, 0.6) is 0 Å². The molecule has 0 atom stereocenters. The SMILES string of the molecule is CC1(C)CN(c2ncnc3c2ncn3CC2(CO)COC2)CCc2ccccc21. The van der Waals surface area contributed by atoms with E-state index in [1.165, 1.54) is 11.1 Å². The summed E-state index contributed by atoms with van der Waals surface area (Å²) in [6.07, 6.45) is 4.43. The van der Waals surface area contributed by atoms with E-state index in [4.69, 9.17) is 4.74 Å². The molecule has 7 nitrogen and oxygen atoms in total. The Morgan fingerprint density at radius 3 is 2.72 bits per heavy atom. The number of hydrogen-bond donors (Lipinski definition) is 1. The molecule has 29 heavy (non-hydrogen) atoms. The molecule has 3 aromatic rings. The van der Waals surface area contributed by atoms with E-state index in [2.05, 4.69) is 58.0 Å². The minimum absolute atomic E-state index is 0.0111. The van der Waals surface area contributed by atoms with Crippen molar-refractivity contribution in [2.24, 2.45) is 5.41 Å². The highest BCUT2D eigenvalue weighted by atomic mass is 16.5. The van der Waals surface area contributed by atoms with Gasteiger partial charge >= 0.3 is 0 Å². The summed E-state index contributed by atoms with van der Waals surface area (Å²) in [4.78, 5) is 16.2. The molecule has 1 saturated heterocycles. The average Bonchev–Trinajstić information content (AvgIpc) is 3.04. The van der Waals surface area contributed by atoms with Gasteiger partial charge in [0.15, 0.2) is 17.0 Å². The van der Waals surface area contributed by atoms with Crippen LogP contribution in [-0.4, -0.2) is 57.5 Å². The Kier molecular flexibility index (Phi) is 4.33. The molecule has 0 bridgehead atoms. The van der Waals surface area contributed by atoms with Crippen LogP contribution >= 0.6 is 0 Å². The zero-order valence-corrected chi connectivity index (χ0v) is 17.0. The summed E-state index contributed by atoms with van der Waals surface area (Å²) >= 11 is 0. The summed E-state index contributed by atoms with van der Waals surface area (Å²) in [6, 6.07) is 8.73. The van der Waals surface area contributed by atoms with Gasteiger partial charge in [-0.3, -0.25) is 0 Å². The van der Waals surface area contributed by atoms with Gasteiger partial charge in [0.05, 0.1) is 31.6 Å². The molecule has 1 aromatic carbocycles. The molecule has 0 aliphatic carbocycles. The highest BCUT2D eigenvalue weighted by Gasteiger charge is 2.39. The largest absolute Gasteiger partial charge is 0.396 e. The summed E-state index contributed by atoms with van der Waals surface area (Å²) in [5.41, 5.74) is 4.23. The molecule has 4 heterocycles. The van der Waals surface area contributed by atoms with Gasteiger partial charge in [0.25, 0.3) is 0 Å². The standard InChI is InChI=1S/C22H27N5O2/c1-21(2)9-26(8-7-16-5-3-4-6-17(16)21)19-18-20(24-14-23-19)27(15-25-18)10-22(11-28)12-29-13-22/h3-6,14-15,28H,7-13H2,1-2H3. The number of imidazole rings is 1. The van der Waals surface area contributed by atoms with Gasteiger partial charge in [-0.2, -0.15) is 0 Å². The predicted molar refractivity (Wildman–Crippen MR) is 111 cm³/mol. The van der Waals surface area contributed by atoms with Gasteiger partial charge < -0.3 is 19.3 Å². The molecular formula is C22H27N5O2. The molecule has 0 radical (unpaired) electrons. The normalized spacial score (nSPS) is 20.2. The van der Waals surface area contributed by atoms with E-state index in [0.29, 0.717) is 19.8 Å². The van der Waals surface area contributed by atoms with Crippen LogP contribution in [0.3, 0.4) is 0 Å². The van der Waals surface area contributed by atoms with Crippen molar-refractivity contribution in [1.29, 1.82) is 0 Å². The third-order valence-corrected chi connectivity index (χ3v) is 6.32. The first-order chi connectivity index (χ1) is 14.0. The van der Waals surface area contributed by atoms with Crippen molar-refractivity contribution in [3.63, 3.8) is 0 Å². The van der Waals surface area contributed by atoms with E-state index in [9.17, 15) is 5.11 Å². The number of nitrogens with zero attached hydrogens (tertiary/aromatic N) is 5. The minimum Gasteiger partial charge on any atom is -0.396 e. The second-order valence-electron chi connectivity index (χ2n) is 9.11. The van der Waals surface area contributed by atoms with Crippen LogP contribution in [-0.2, 0) is 23.1 Å². The van der Waals surface area contributed by atoms with Crippen molar-refractivity contribution in [1.82, 2.24) is 19.5 Å². The first-order valence-corrected chi connectivity index (χ1v) is 10.2. The van der Waals surface area contributed by atoms with Crippen LogP contribution in [0.4, 0.5) is 5.82 Å². The number of benzene rings is 1. The second-order valence-corrected chi connectivity index (χ2v) is 9.11. The smallest absolute Gasteiger partial charge is 0.165 e. The fourth-order valence-electron chi connectivity index (χ4n) is 4.68. The van der Waals surface area contributed by atoms with Crippen molar-refractivity contribution in [2.45, 2.75) is 32.2 Å². The second kappa shape index (κ2) is 6.78. The number of anilines is 1. The summed E-state index contributed by atoms with van der Waals surface area (Å²) in [6.45, 7) is 8.24. The van der Waals surface area contributed by atoms with Crippen molar-refractivity contribution >= 4 is 17.0 Å². The molecule has 1 N–H and O–H groups in total. The minimum atomic E-state index is -0.231. The first kappa shape index (κ1) is 18.5. The van der Waals surface area contributed by atoms with Crippen LogP contribution in [0, 0.1) is 5.41 Å². The molecule has 7 heteroatoms. The lowest BCUT2D eigenvalue weighted by Gasteiger charge is -2.39. The molecule has 0 saturated carbocycles. The number of ether oxygens (including phenoxy) is 1. The summed E-state index contributed by atoms with van der Waals surface area (Å²) in [7, 11) is 0. The Bertz CT molecular complexity index is 1040. The third-order valence-electron chi connectivity index (χ3n) is 6.32. The lowest BCUT2D eigenvalue weighted by Crippen LogP contribution is -2.48. The molecule has 0 unspecified atom stereocenters. The fourth-order valence-corrected chi connectivity index (χ4v) is 4.68. The highest BCUT2D eigenvalue weighted by molar-refractivity contribution is 5.83. The van der Waals surface area contributed by atoms with Gasteiger partial charge in [-0.1, -0.05) is 38.1 Å². The molecule has 2 aromatic heterocycles. The fraction of sp³-hybridized carbons (Fsp3) is 0.500. The van der Waals surface area contributed by atoms with E-state index in [0.717, 1.165) is 36.5 Å². The topological polar surface area (TPSA) is 76.3 Å². The quantitative estimate of drug-likeness (QED) is 0.732. The van der Waals surface area contributed by atoms with Gasteiger partial charge in [-0.15, -0.1) is 0 Å². The molecule has 2 aliphatic heterocycles. The van der Waals surface area contributed by atoms with Crippen molar-refractivity contribution in [2.75, 3.05) is 37.8 Å². The van der Waals surface area contributed by atoms with Gasteiger partial charge in [0.2, 0.25) is 0 Å². The van der Waals surface area contributed by atoms with Crippen LogP contribution in [0.2, 0.25) is 0 Å². The molecular weight excluding hydrogens is 366 g/mol. The Morgan fingerprint density at radius 2 is 1.97 bits per heavy atom. The van der Waals surface area contributed by atoms with E-state index in [1.807, 2.05) is 10.9 Å². The Labute approximate surface area is 170 Å². The summed E-state index contributed by atoms with van der Waals surface area (Å²) < 4.78 is 7.37. The number of aliphatic hydroxyl groups is 1. The van der Waals surface area contributed by atoms with Crippen LogP contribution in [0.15, 0.2) is 36.9 Å². The lowest BCUT2D eigenvalue weighted by molar-refractivity contribution is -0.144. The van der Waals surface area contributed by atoms with E-state index < -0.39 is 0 Å². The number of fused-ring (bicyclic) bond motifs is 2. The Balaban J connectivity index is 1.50. The maximum Gasteiger partial charge on any atom is 0.165 e. The maximum atomic E-state index is 9.79. The molecule has 152 valence electrons. The van der Waals surface area contributed by atoms with Crippen LogP contribution in [0.25, 0.3) is 11.2 Å². The van der Waals surface area contributed by atoms with Crippen LogP contribution in [0.1, 0.15) is 25.0 Å². The molecule has 2 aliphatic rings. The molecule has 0 spiro atoms. The predicted octanol–water partition coefficient (Wildman–Crippen LogP) is 2.18. The third kappa shape index (κ3) is 3.09. The van der Waals surface area contributed by atoms with E-state index in [1.54, 1.807) is 6.33 Å². The molecule has 1 fully saturated rings. The first-order valence-electron chi connectivity index (χ1n) is 10.2. The van der Waals surface area contributed by atoms with E-state index in [-0.39, 0.29) is 17.4 Å². The Hall–Kier alpha value is -2.51.